The number of carbonyl (C=O) groups excluding carboxylic acids is 1. The summed E-state index contributed by atoms with van der Waals surface area (Å²) in [6, 6.07) is 0. The van der Waals surface area contributed by atoms with Crippen molar-refractivity contribution in [3.63, 3.8) is 0 Å². The summed E-state index contributed by atoms with van der Waals surface area (Å²) in [6.07, 6.45) is -0.899. The zero-order valence-corrected chi connectivity index (χ0v) is 6.31. The van der Waals surface area contributed by atoms with E-state index < -0.39 is 6.09 Å². The highest BCUT2D eigenvalue weighted by atomic mass is 32.1. The van der Waals surface area contributed by atoms with Gasteiger partial charge in [-0.05, 0) is 0 Å². The van der Waals surface area contributed by atoms with Crippen LogP contribution in [0.3, 0.4) is 0 Å². The number of nitrogens with zero attached hydrogens (tertiary/aromatic N) is 1. The van der Waals surface area contributed by atoms with Crippen molar-refractivity contribution in [2.45, 2.75) is 6.61 Å². The largest absolute Gasteiger partial charge is 0.632 e. The van der Waals surface area contributed by atoms with Gasteiger partial charge in [0.05, 0.1) is 17.1 Å². The number of carbonyl (C=O) groups is 1. The third kappa shape index (κ3) is 2.17. The molecule has 0 saturated heterocycles. The Morgan fingerprint density at radius 2 is 2.64 bits per heavy atom. The van der Waals surface area contributed by atoms with Crippen LogP contribution in [0.1, 0.15) is 5.69 Å². The van der Waals surface area contributed by atoms with E-state index in [-0.39, 0.29) is 6.61 Å². The van der Waals surface area contributed by atoms with Gasteiger partial charge in [0.1, 0.15) is 0 Å². The number of anilines is 1. The number of hydrogen-bond acceptors (Lipinski definition) is 4. The summed E-state index contributed by atoms with van der Waals surface area (Å²) in [5, 5.41) is 19.2. The van der Waals surface area contributed by atoms with Crippen molar-refractivity contribution in [1.82, 2.24) is 4.98 Å². The molecule has 4 N–H and O–H groups in total. The highest BCUT2D eigenvalue weighted by Gasteiger charge is 2.08. The molecule has 1 heterocycles. The monoisotopic (exact) mass is 175 g/mol. The van der Waals surface area contributed by atoms with Crippen molar-refractivity contribution in [2.75, 3.05) is 5.32 Å². The standard InChI is InChI=1S/C5H6N2O3S/c8-1-3-2-11-4(6-3)7-5(9)10/h2,8H,1H2,(H,6,7)(H,9,10)/p+1. The van der Waals surface area contributed by atoms with E-state index in [0.29, 0.717) is 10.8 Å². The maximum atomic E-state index is 10.2. The van der Waals surface area contributed by atoms with Gasteiger partial charge in [-0.15, -0.1) is 11.3 Å². The van der Waals surface area contributed by atoms with Crippen molar-refractivity contribution >= 4 is 22.6 Å². The van der Waals surface area contributed by atoms with E-state index in [1.807, 2.05) is 0 Å². The molecule has 1 rings (SSSR count). The number of rotatable bonds is 2. The van der Waals surface area contributed by atoms with Crippen molar-refractivity contribution < 1.29 is 15.0 Å². The number of nitrogens with one attached hydrogen (secondary N) is 1. The van der Waals surface area contributed by atoms with Gasteiger partial charge >= 0.3 is 6.09 Å². The number of aliphatic hydroxyl groups is 1. The molecule has 0 saturated carbocycles. The molecule has 0 fully saturated rings. The fraction of sp³-hybridized carbons (Fsp3) is 0.200. The molecule has 1 aromatic heterocycles. The molecule has 0 spiro atoms. The smallest absolute Gasteiger partial charge is 0.547 e. The number of aliphatic hydroxyl groups excluding tert-OH is 1. The Morgan fingerprint density at radius 3 is 3.09 bits per heavy atom. The van der Waals surface area contributed by atoms with Crippen molar-refractivity contribution in [2.24, 2.45) is 0 Å². The van der Waals surface area contributed by atoms with Crippen LogP contribution in [0.15, 0.2) is 5.38 Å². The van der Waals surface area contributed by atoms with Gasteiger partial charge in [0.2, 0.25) is 0 Å². The molecule has 0 unspecified atom stereocenters. The minimum Gasteiger partial charge on any atom is -0.547 e. The molecule has 1 aromatic rings. The topological polar surface area (TPSA) is 85.1 Å². The average molecular weight is 175 g/mol. The molecule has 11 heavy (non-hydrogen) atoms. The molecule has 0 aromatic carbocycles. The van der Waals surface area contributed by atoms with Crippen LogP contribution in [0.5, 0.6) is 0 Å². The lowest BCUT2D eigenvalue weighted by molar-refractivity contribution is 0.209. The molecule has 1 amide bonds. The lowest BCUT2D eigenvalue weighted by atomic mass is 10.5. The van der Waals surface area contributed by atoms with Gasteiger partial charge in [-0.2, -0.15) is 0 Å². The highest BCUT2D eigenvalue weighted by Crippen LogP contribution is 2.14. The predicted molar refractivity (Wildman–Crippen MR) is 40.7 cm³/mol. The molecule has 5 nitrogen and oxygen atoms in total. The Kier molecular flexibility index (Phi) is 2.40. The first kappa shape index (κ1) is 7.96. The molecule has 0 aliphatic rings. The maximum Gasteiger partial charge on any atom is 0.632 e. The van der Waals surface area contributed by atoms with Crippen LogP contribution in [0.25, 0.3) is 0 Å². The molecule has 0 radical (unpaired) electrons. The highest BCUT2D eigenvalue weighted by molar-refractivity contribution is 7.13. The molecule has 0 bridgehead atoms. The molecule has 0 atom stereocenters. The lowest BCUT2D eigenvalue weighted by Crippen LogP contribution is -2.06. The van der Waals surface area contributed by atoms with Crippen molar-refractivity contribution in [3.05, 3.63) is 11.1 Å². The third-order valence-electron chi connectivity index (χ3n) is 0.934. The Hall–Kier alpha value is -1.14. The fourth-order valence-electron chi connectivity index (χ4n) is 0.534. The Bertz CT molecular complexity index is 260. The molecule has 0 aliphatic heterocycles. The maximum absolute atomic E-state index is 10.2. The van der Waals surface area contributed by atoms with Crippen molar-refractivity contribution in [3.8, 4) is 0 Å². The van der Waals surface area contributed by atoms with Gasteiger partial charge in [-0.3, -0.25) is 0 Å². The number of hydrogen-bond donors (Lipinski definition) is 2. The molecular formula is C5H7N2O3S+. The van der Waals surface area contributed by atoms with Gasteiger partial charge in [0.25, 0.3) is 0 Å². The van der Waals surface area contributed by atoms with Gasteiger partial charge in [-0.1, -0.05) is 0 Å². The van der Waals surface area contributed by atoms with E-state index in [1.165, 1.54) is 11.3 Å². The van der Waals surface area contributed by atoms with Crippen LogP contribution >= 0.6 is 11.3 Å². The summed E-state index contributed by atoms with van der Waals surface area (Å²) in [7, 11) is 0. The number of thiazole rings is 1. The van der Waals surface area contributed by atoms with E-state index >= 15 is 0 Å². The summed E-state index contributed by atoms with van der Waals surface area (Å²) in [4.78, 5) is 14.0. The summed E-state index contributed by atoms with van der Waals surface area (Å²) >= 11 is 1.18. The third-order valence-corrected chi connectivity index (χ3v) is 1.74. The van der Waals surface area contributed by atoms with Gasteiger partial charge < -0.3 is 10.2 Å². The second-order valence-corrected chi connectivity index (χ2v) is 2.61. The van der Waals surface area contributed by atoms with E-state index in [2.05, 4.69) is 10.3 Å². The normalized spacial score (nSPS) is 9.55. The number of aromatic nitrogens is 1. The average Bonchev–Trinajstić information content (AvgIpc) is 2.34. The van der Waals surface area contributed by atoms with Crippen LogP contribution < -0.4 is 5.32 Å². The zero-order chi connectivity index (χ0) is 8.27. The minimum atomic E-state index is -0.899. The zero-order valence-electron chi connectivity index (χ0n) is 5.50. The molecular weight excluding hydrogens is 168 g/mol. The first-order valence-electron chi connectivity index (χ1n) is 2.80. The van der Waals surface area contributed by atoms with Crippen LogP contribution in [-0.2, 0) is 6.61 Å². The summed E-state index contributed by atoms with van der Waals surface area (Å²) in [5.74, 6) is 0. The molecule has 6 heteroatoms. The summed E-state index contributed by atoms with van der Waals surface area (Å²) < 4.78 is 0. The first-order chi connectivity index (χ1) is 5.22. The van der Waals surface area contributed by atoms with E-state index in [0.717, 1.165) is 0 Å². The fourth-order valence-corrected chi connectivity index (χ4v) is 1.23. The van der Waals surface area contributed by atoms with Gasteiger partial charge in [0, 0.05) is 5.38 Å². The quantitative estimate of drug-likeness (QED) is 0.615. The van der Waals surface area contributed by atoms with Crippen LogP contribution in [0.4, 0.5) is 9.93 Å². The van der Waals surface area contributed by atoms with Crippen molar-refractivity contribution in [1.29, 1.82) is 0 Å². The van der Waals surface area contributed by atoms with Crippen LogP contribution in [-0.4, -0.2) is 21.3 Å². The second-order valence-electron chi connectivity index (χ2n) is 1.76. The summed E-state index contributed by atoms with van der Waals surface area (Å²) in [6.45, 7) is -0.148. The van der Waals surface area contributed by atoms with Gasteiger partial charge in [-0.25, -0.2) is 10.3 Å². The Balaban J connectivity index is 2.65. The van der Waals surface area contributed by atoms with Crippen LogP contribution in [0.2, 0.25) is 0 Å². The SMILES string of the molecule is O=C([OH2+])Nc1nc(CO)cs1. The first-order valence-corrected chi connectivity index (χ1v) is 3.68. The molecule has 0 aliphatic carbocycles. The Morgan fingerprint density at radius 1 is 1.91 bits per heavy atom. The number of amides is 1. The predicted octanol–water partition coefficient (Wildman–Crippen LogP) is -0.108. The van der Waals surface area contributed by atoms with Gasteiger partial charge in [0.15, 0.2) is 5.13 Å². The lowest BCUT2D eigenvalue weighted by Gasteiger charge is -1.86. The van der Waals surface area contributed by atoms with E-state index in [1.54, 1.807) is 5.38 Å². The molecule has 60 valence electrons. The second kappa shape index (κ2) is 3.31. The Labute approximate surface area is 66.3 Å². The van der Waals surface area contributed by atoms with E-state index in [9.17, 15) is 4.79 Å². The summed E-state index contributed by atoms with van der Waals surface area (Å²) in [5.41, 5.74) is 0.499. The van der Waals surface area contributed by atoms with E-state index in [4.69, 9.17) is 10.2 Å². The minimum absolute atomic E-state index is 0.148. The van der Waals surface area contributed by atoms with Crippen LogP contribution in [0, 0.1) is 0 Å².